The van der Waals surface area contributed by atoms with Crippen molar-refractivity contribution in [2.45, 2.75) is 51.6 Å². The fraction of sp³-hybridized carbons (Fsp3) is 0.625. The summed E-state index contributed by atoms with van der Waals surface area (Å²) in [6, 6.07) is 6.17. The van der Waals surface area contributed by atoms with Gasteiger partial charge in [0.05, 0.1) is 13.2 Å². The first-order valence-electron chi connectivity index (χ1n) is 7.11. The minimum absolute atomic E-state index is 0.369. The minimum Gasteiger partial charge on any atom is -0.496 e. The third-order valence-electron chi connectivity index (χ3n) is 4.12. The molecule has 2 nitrogen and oxygen atoms in total. The van der Waals surface area contributed by atoms with Crippen molar-refractivity contribution in [3.05, 3.63) is 29.3 Å². The molecule has 1 unspecified atom stereocenters. The van der Waals surface area contributed by atoms with E-state index in [0.29, 0.717) is 5.92 Å². The topological polar surface area (TPSA) is 29.5 Å². The lowest BCUT2D eigenvalue weighted by Crippen LogP contribution is -2.16. The molecule has 0 amide bonds. The van der Waals surface area contributed by atoms with E-state index in [1.54, 1.807) is 7.11 Å². The molecule has 2 rings (SSSR count). The van der Waals surface area contributed by atoms with Gasteiger partial charge in [0.15, 0.2) is 0 Å². The number of hydrogen-bond acceptors (Lipinski definition) is 2. The van der Waals surface area contributed by atoms with Gasteiger partial charge in [0.25, 0.3) is 0 Å². The summed E-state index contributed by atoms with van der Waals surface area (Å²) in [7, 11) is 1.68. The highest BCUT2D eigenvalue weighted by atomic mass is 16.5. The quantitative estimate of drug-likeness (QED) is 0.876. The molecule has 1 fully saturated rings. The molecule has 1 N–H and O–H groups in total. The monoisotopic (exact) mass is 248 g/mol. The van der Waals surface area contributed by atoms with Gasteiger partial charge in [-0.2, -0.15) is 0 Å². The van der Waals surface area contributed by atoms with E-state index in [1.807, 2.05) is 6.07 Å². The molecule has 0 aliphatic heterocycles. The summed E-state index contributed by atoms with van der Waals surface area (Å²) in [5.74, 6) is 1.23. The lowest BCUT2D eigenvalue weighted by atomic mass is 9.82. The van der Waals surface area contributed by atoms with Crippen molar-refractivity contribution in [2.75, 3.05) is 7.11 Å². The van der Waals surface area contributed by atoms with Crippen LogP contribution in [-0.4, -0.2) is 12.2 Å². The fourth-order valence-electron chi connectivity index (χ4n) is 2.94. The van der Waals surface area contributed by atoms with Gasteiger partial charge < -0.3 is 9.84 Å². The number of ether oxygens (including phenoxy) is 1. The molecule has 18 heavy (non-hydrogen) atoms. The van der Waals surface area contributed by atoms with E-state index >= 15 is 0 Å². The Hall–Kier alpha value is -1.02. The first-order valence-corrected chi connectivity index (χ1v) is 7.11. The molecule has 0 radical (unpaired) electrons. The van der Waals surface area contributed by atoms with Gasteiger partial charge >= 0.3 is 0 Å². The summed E-state index contributed by atoms with van der Waals surface area (Å²) in [5, 5.41) is 10.6. The van der Waals surface area contributed by atoms with E-state index < -0.39 is 0 Å². The molecule has 1 aromatic carbocycles. The van der Waals surface area contributed by atoms with Gasteiger partial charge in [0, 0.05) is 5.56 Å². The fourth-order valence-corrected chi connectivity index (χ4v) is 2.94. The normalized spacial score (nSPS) is 18.6. The summed E-state index contributed by atoms with van der Waals surface area (Å²) >= 11 is 0. The van der Waals surface area contributed by atoms with Crippen LogP contribution >= 0.6 is 0 Å². The van der Waals surface area contributed by atoms with Crippen molar-refractivity contribution in [2.24, 2.45) is 5.92 Å². The second-order valence-electron chi connectivity index (χ2n) is 5.27. The van der Waals surface area contributed by atoms with Crippen molar-refractivity contribution >= 4 is 0 Å². The number of aliphatic hydroxyl groups is 1. The maximum Gasteiger partial charge on any atom is 0.124 e. The Bertz CT molecular complexity index is 381. The molecule has 1 atom stereocenters. The first-order chi connectivity index (χ1) is 8.76. The standard InChI is InChI=1S/C16H24O2/c1-3-12-9-10-15(18-2)14(11-12)16(17)13-7-5-4-6-8-13/h9-11,13,16-17H,3-8H2,1-2H3. The van der Waals surface area contributed by atoms with Crippen LogP contribution in [-0.2, 0) is 6.42 Å². The molecular formula is C16H24O2. The number of aryl methyl sites for hydroxylation is 1. The number of rotatable bonds is 4. The van der Waals surface area contributed by atoms with Crippen LogP contribution in [0.3, 0.4) is 0 Å². The molecule has 0 saturated heterocycles. The number of aliphatic hydroxyl groups excluding tert-OH is 1. The Morgan fingerprint density at radius 3 is 2.61 bits per heavy atom. The van der Waals surface area contributed by atoms with Gasteiger partial charge in [0.1, 0.15) is 5.75 Å². The van der Waals surface area contributed by atoms with Crippen LogP contribution in [0.2, 0.25) is 0 Å². The van der Waals surface area contributed by atoms with Crippen LogP contribution in [0.15, 0.2) is 18.2 Å². The van der Waals surface area contributed by atoms with Crippen molar-refractivity contribution < 1.29 is 9.84 Å². The molecule has 0 aromatic heterocycles. The molecule has 1 aliphatic rings. The van der Waals surface area contributed by atoms with E-state index in [0.717, 1.165) is 30.6 Å². The van der Waals surface area contributed by atoms with Crippen LogP contribution in [0.4, 0.5) is 0 Å². The predicted octanol–water partition coefficient (Wildman–Crippen LogP) is 3.87. The average Bonchev–Trinajstić information content (AvgIpc) is 2.46. The smallest absolute Gasteiger partial charge is 0.124 e. The van der Waals surface area contributed by atoms with Gasteiger partial charge in [-0.3, -0.25) is 0 Å². The Morgan fingerprint density at radius 1 is 1.28 bits per heavy atom. The molecular weight excluding hydrogens is 224 g/mol. The number of methoxy groups -OCH3 is 1. The highest BCUT2D eigenvalue weighted by molar-refractivity contribution is 5.39. The lowest BCUT2D eigenvalue weighted by Gasteiger charge is -2.28. The van der Waals surface area contributed by atoms with Crippen molar-refractivity contribution in [1.29, 1.82) is 0 Å². The molecule has 1 aromatic rings. The summed E-state index contributed by atoms with van der Waals surface area (Å²) in [4.78, 5) is 0. The van der Waals surface area contributed by atoms with Gasteiger partial charge in [-0.05, 0) is 42.9 Å². The molecule has 100 valence electrons. The van der Waals surface area contributed by atoms with Gasteiger partial charge in [-0.25, -0.2) is 0 Å². The van der Waals surface area contributed by atoms with Gasteiger partial charge in [-0.15, -0.1) is 0 Å². The van der Waals surface area contributed by atoms with E-state index in [1.165, 1.54) is 24.8 Å². The zero-order valence-electron chi connectivity index (χ0n) is 11.5. The highest BCUT2D eigenvalue weighted by Gasteiger charge is 2.25. The Labute approximate surface area is 110 Å². The lowest BCUT2D eigenvalue weighted by molar-refractivity contribution is 0.0824. The van der Waals surface area contributed by atoms with Gasteiger partial charge in [0.2, 0.25) is 0 Å². The first kappa shape index (κ1) is 13.4. The summed E-state index contributed by atoms with van der Waals surface area (Å²) in [6.45, 7) is 2.14. The average molecular weight is 248 g/mol. The van der Waals surface area contributed by atoms with E-state index in [4.69, 9.17) is 4.74 Å². The summed E-state index contributed by atoms with van der Waals surface area (Å²) < 4.78 is 5.40. The molecule has 0 heterocycles. The second kappa shape index (κ2) is 6.24. The largest absolute Gasteiger partial charge is 0.496 e. The zero-order chi connectivity index (χ0) is 13.0. The predicted molar refractivity (Wildman–Crippen MR) is 73.9 cm³/mol. The molecule has 0 bridgehead atoms. The van der Waals surface area contributed by atoms with E-state index in [2.05, 4.69) is 19.1 Å². The molecule has 0 spiro atoms. The second-order valence-corrected chi connectivity index (χ2v) is 5.27. The zero-order valence-corrected chi connectivity index (χ0v) is 11.5. The van der Waals surface area contributed by atoms with Crippen LogP contribution in [0.5, 0.6) is 5.75 Å². The molecule has 2 heteroatoms. The number of benzene rings is 1. The molecule has 1 aliphatic carbocycles. The molecule has 1 saturated carbocycles. The summed E-state index contributed by atoms with van der Waals surface area (Å²) in [6.07, 6.45) is 6.71. The van der Waals surface area contributed by atoms with Crippen molar-refractivity contribution in [1.82, 2.24) is 0 Å². The maximum atomic E-state index is 10.6. The van der Waals surface area contributed by atoms with E-state index in [9.17, 15) is 5.11 Å². The van der Waals surface area contributed by atoms with Crippen molar-refractivity contribution in [3.63, 3.8) is 0 Å². The van der Waals surface area contributed by atoms with Gasteiger partial charge in [-0.1, -0.05) is 32.3 Å². The highest BCUT2D eigenvalue weighted by Crippen LogP contribution is 2.38. The Balaban J connectivity index is 2.23. The Morgan fingerprint density at radius 2 is 2.00 bits per heavy atom. The van der Waals surface area contributed by atoms with Crippen LogP contribution in [0, 0.1) is 5.92 Å². The minimum atomic E-state index is -0.369. The van der Waals surface area contributed by atoms with E-state index in [-0.39, 0.29) is 6.10 Å². The van der Waals surface area contributed by atoms with Crippen LogP contribution in [0.25, 0.3) is 0 Å². The summed E-state index contributed by atoms with van der Waals surface area (Å²) in [5.41, 5.74) is 2.24. The third kappa shape index (κ3) is 2.86. The Kier molecular flexibility index (Phi) is 4.65. The maximum absolute atomic E-state index is 10.6. The van der Waals surface area contributed by atoms with Crippen molar-refractivity contribution in [3.8, 4) is 5.75 Å². The van der Waals surface area contributed by atoms with Crippen LogP contribution < -0.4 is 4.74 Å². The SMILES string of the molecule is CCc1ccc(OC)c(C(O)C2CCCCC2)c1. The number of hydrogen-bond donors (Lipinski definition) is 1. The van der Waals surface area contributed by atoms with Crippen LogP contribution in [0.1, 0.15) is 56.3 Å². The third-order valence-corrected chi connectivity index (χ3v) is 4.12.